The van der Waals surface area contributed by atoms with Gasteiger partial charge < -0.3 is 9.84 Å². The molecule has 0 radical (unpaired) electrons. The minimum Gasteiger partial charge on any atom is -0.497 e. The third-order valence-corrected chi connectivity index (χ3v) is 5.25. The normalized spacial score (nSPS) is 11.5. The Morgan fingerprint density at radius 3 is 2.06 bits per heavy atom. The van der Waals surface area contributed by atoms with Crippen LogP contribution in [0.25, 0.3) is 0 Å². The van der Waals surface area contributed by atoms with Gasteiger partial charge in [0.2, 0.25) is 0 Å². The first-order valence-corrected chi connectivity index (χ1v) is 10.2. The van der Waals surface area contributed by atoms with E-state index in [1.165, 1.54) is 6.33 Å². The summed E-state index contributed by atoms with van der Waals surface area (Å²) < 4.78 is 5.20. The highest BCUT2D eigenvalue weighted by molar-refractivity contribution is 5.79. The maximum atomic E-state index is 12.2. The average Bonchev–Trinajstić information content (AvgIpc) is 2.85. The number of aromatic nitrogens is 2. The third-order valence-electron chi connectivity index (χ3n) is 5.25. The largest absolute Gasteiger partial charge is 0.497 e. The number of nitrogens with zero attached hydrogens (tertiary/aromatic N) is 3. The van der Waals surface area contributed by atoms with Crippen molar-refractivity contribution in [2.75, 3.05) is 12.0 Å². The fraction of sp³-hybridized carbons (Fsp3) is 0.115. The number of rotatable bonds is 8. The van der Waals surface area contributed by atoms with E-state index >= 15 is 0 Å². The molecular formula is C26H23N3O3. The standard InChI is InChI=1S/C26H23N3O3/c1-32-23-14-12-19(13-15-23)24(26(30)31)16-20-17-27-18-28-25(20)29(21-8-4-2-5-9-21)22-10-6-3-7-11-22/h2-15,17-18,24H,16H2,1H3,(H,30,31). The maximum absolute atomic E-state index is 12.2. The summed E-state index contributed by atoms with van der Waals surface area (Å²) in [6.07, 6.45) is 3.43. The van der Waals surface area contributed by atoms with Crippen LogP contribution in [0.2, 0.25) is 0 Å². The highest BCUT2D eigenvalue weighted by Crippen LogP contribution is 2.36. The Bertz CT molecular complexity index is 1130. The van der Waals surface area contributed by atoms with Crippen molar-refractivity contribution in [3.63, 3.8) is 0 Å². The van der Waals surface area contributed by atoms with Gasteiger partial charge in [-0.1, -0.05) is 48.5 Å². The van der Waals surface area contributed by atoms with Gasteiger partial charge in [-0.05, 0) is 48.4 Å². The molecule has 0 spiro atoms. The molecule has 160 valence electrons. The van der Waals surface area contributed by atoms with Gasteiger partial charge in [0.1, 0.15) is 17.9 Å². The first-order valence-electron chi connectivity index (χ1n) is 10.2. The molecule has 4 aromatic rings. The van der Waals surface area contributed by atoms with E-state index in [0.717, 1.165) is 16.9 Å². The molecule has 32 heavy (non-hydrogen) atoms. The van der Waals surface area contributed by atoms with Crippen LogP contribution in [0.4, 0.5) is 17.2 Å². The second-order valence-electron chi connectivity index (χ2n) is 7.25. The molecule has 0 amide bonds. The molecule has 4 rings (SSSR count). The van der Waals surface area contributed by atoms with E-state index in [0.29, 0.717) is 17.1 Å². The Labute approximate surface area is 186 Å². The van der Waals surface area contributed by atoms with Gasteiger partial charge in [-0.3, -0.25) is 9.69 Å². The van der Waals surface area contributed by atoms with Gasteiger partial charge >= 0.3 is 5.97 Å². The lowest BCUT2D eigenvalue weighted by Gasteiger charge is -2.26. The second kappa shape index (κ2) is 9.75. The summed E-state index contributed by atoms with van der Waals surface area (Å²) in [5.41, 5.74) is 3.28. The van der Waals surface area contributed by atoms with E-state index in [-0.39, 0.29) is 6.42 Å². The molecule has 1 aromatic heterocycles. The molecule has 0 bridgehead atoms. The Balaban J connectivity index is 1.77. The van der Waals surface area contributed by atoms with E-state index in [9.17, 15) is 9.90 Å². The number of carboxylic acids is 1. The summed E-state index contributed by atoms with van der Waals surface area (Å²) in [7, 11) is 1.58. The minimum absolute atomic E-state index is 0.244. The monoisotopic (exact) mass is 425 g/mol. The number of ether oxygens (including phenoxy) is 1. The first kappa shape index (κ1) is 21.1. The van der Waals surface area contributed by atoms with Crippen LogP contribution in [0.5, 0.6) is 5.75 Å². The molecule has 0 aliphatic heterocycles. The molecule has 1 heterocycles. The summed E-state index contributed by atoms with van der Waals surface area (Å²) >= 11 is 0. The molecule has 1 N–H and O–H groups in total. The number of methoxy groups -OCH3 is 1. The van der Waals surface area contributed by atoms with Gasteiger partial charge in [-0.25, -0.2) is 9.97 Å². The zero-order valence-electron chi connectivity index (χ0n) is 17.6. The molecule has 0 aliphatic carbocycles. The Morgan fingerprint density at radius 2 is 1.53 bits per heavy atom. The molecule has 3 aromatic carbocycles. The number of benzene rings is 3. The van der Waals surface area contributed by atoms with Crippen LogP contribution >= 0.6 is 0 Å². The number of hydrogen-bond donors (Lipinski definition) is 1. The van der Waals surface area contributed by atoms with Crippen molar-refractivity contribution in [2.45, 2.75) is 12.3 Å². The van der Waals surface area contributed by atoms with Crippen LogP contribution in [-0.2, 0) is 11.2 Å². The SMILES string of the molecule is COc1ccc(C(Cc2cncnc2N(c2ccccc2)c2ccccc2)C(=O)O)cc1. The number of carbonyl (C=O) groups is 1. The van der Waals surface area contributed by atoms with Crippen molar-refractivity contribution in [2.24, 2.45) is 0 Å². The predicted octanol–water partition coefficient (Wildman–Crippen LogP) is 5.37. The van der Waals surface area contributed by atoms with Crippen LogP contribution in [0, 0.1) is 0 Å². The minimum atomic E-state index is -0.907. The highest BCUT2D eigenvalue weighted by atomic mass is 16.5. The van der Waals surface area contributed by atoms with Crippen molar-refractivity contribution in [3.05, 3.63) is 109 Å². The lowest BCUT2D eigenvalue weighted by molar-refractivity contribution is -0.138. The van der Waals surface area contributed by atoms with Crippen LogP contribution in [-0.4, -0.2) is 28.2 Å². The van der Waals surface area contributed by atoms with Crippen LogP contribution in [0.15, 0.2) is 97.5 Å². The van der Waals surface area contributed by atoms with E-state index in [1.807, 2.05) is 65.6 Å². The summed E-state index contributed by atoms with van der Waals surface area (Å²) in [6, 6.07) is 26.9. The highest BCUT2D eigenvalue weighted by Gasteiger charge is 2.25. The molecule has 0 saturated heterocycles. The van der Waals surface area contributed by atoms with Gasteiger partial charge in [0.15, 0.2) is 0 Å². The number of anilines is 3. The number of para-hydroxylation sites is 2. The van der Waals surface area contributed by atoms with E-state index in [1.54, 1.807) is 37.6 Å². The van der Waals surface area contributed by atoms with Crippen molar-refractivity contribution in [3.8, 4) is 5.75 Å². The summed E-state index contributed by atoms with van der Waals surface area (Å²) in [4.78, 5) is 23.0. The molecule has 6 nitrogen and oxygen atoms in total. The van der Waals surface area contributed by atoms with Crippen molar-refractivity contribution in [1.29, 1.82) is 0 Å². The fourth-order valence-electron chi connectivity index (χ4n) is 3.65. The smallest absolute Gasteiger partial charge is 0.311 e. The molecule has 1 atom stereocenters. The second-order valence-corrected chi connectivity index (χ2v) is 7.25. The quantitative estimate of drug-likeness (QED) is 0.409. The summed E-state index contributed by atoms with van der Waals surface area (Å²) in [6.45, 7) is 0. The molecule has 0 aliphatic rings. The molecule has 0 fully saturated rings. The Kier molecular flexibility index (Phi) is 6.41. The van der Waals surface area contributed by atoms with Crippen LogP contribution in [0.3, 0.4) is 0 Å². The molecule has 1 unspecified atom stereocenters. The van der Waals surface area contributed by atoms with Crippen molar-refractivity contribution >= 4 is 23.2 Å². The predicted molar refractivity (Wildman–Crippen MR) is 124 cm³/mol. The molecular weight excluding hydrogens is 402 g/mol. The van der Waals surface area contributed by atoms with Crippen molar-refractivity contribution in [1.82, 2.24) is 9.97 Å². The third kappa shape index (κ3) is 4.59. The van der Waals surface area contributed by atoms with Gasteiger partial charge in [0.05, 0.1) is 13.0 Å². The van der Waals surface area contributed by atoms with Crippen molar-refractivity contribution < 1.29 is 14.6 Å². The fourth-order valence-corrected chi connectivity index (χ4v) is 3.65. The number of hydrogen-bond acceptors (Lipinski definition) is 5. The lowest BCUT2D eigenvalue weighted by atomic mass is 9.92. The Morgan fingerprint density at radius 1 is 0.938 bits per heavy atom. The van der Waals surface area contributed by atoms with Crippen LogP contribution in [0.1, 0.15) is 17.0 Å². The van der Waals surface area contributed by atoms with Gasteiger partial charge in [0, 0.05) is 23.1 Å². The number of carboxylic acid groups (broad SMARTS) is 1. The molecule has 6 heteroatoms. The molecule has 0 saturated carbocycles. The zero-order chi connectivity index (χ0) is 22.3. The lowest BCUT2D eigenvalue weighted by Crippen LogP contribution is -2.19. The zero-order valence-corrected chi connectivity index (χ0v) is 17.6. The summed E-state index contributed by atoms with van der Waals surface area (Å²) in [5, 5.41) is 9.99. The average molecular weight is 425 g/mol. The number of aliphatic carboxylic acids is 1. The summed E-state index contributed by atoms with van der Waals surface area (Å²) in [5.74, 6) is -0.326. The Hall–Kier alpha value is -4.19. The van der Waals surface area contributed by atoms with Gasteiger partial charge in [-0.2, -0.15) is 0 Å². The topological polar surface area (TPSA) is 75.6 Å². The van der Waals surface area contributed by atoms with E-state index in [2.05, 4.69) is 9.97 Å². The maximum Gasteiger partial charge on any atom is 0.311 e. The first-order chi connectivity index (χ1) is 15.7. The van der Waals surface area contributed by atoms with Crippen LogP contribution < -0.4 is 9.64 Å². The van der Waals surface area contributed by atoms with Gasteiger partial charge in [0.25, 0.3) is 0 Å². The van der Waals surface area contributed by atoms with Gasteiger partial charge in [-0.15, -0.1) is 0 Å². The van der Waals surface area contributed by atoms with E-state index in [4.69, 9.17) is 4.74 Å². The van der Waals surface area contributed by atoms with E-state index < -0.39 is 11.9 Å².